The molecule has 1 heterocycles. The highest BCUT2D eigenvalue weighted by molar-refractivity contribution is 7.92. The van der Waals surface area contributed by atoms with E-state index in [1.807, 2.05) is 29.9 Å². The summed E-state index contributed by atoms with van der Waals surface area (Å²) in [6.45, 7) is 8.79. The Balaban J connectivity index is 1.80. The normalized spacial score (nSPS) is 15.7. The number of hydrogen-bond acceptors (Lipinski definition) is 4. The number of anilines is 1. The summed E-state index contributed by atoms with van der Waals surface area (Å²) in [5.41, 5.74) is 3.92. The van der Waals surface area contributed by atoms with Crippen LogP contribution in [0.5, 0.6) is 0 Å². The average molecular weight is 376 g/mol. The molecular formula is C20H29N3O2S. The number of benzene rings is 1. The zero-order chi connectivity index (χ0) is 18.9. The fourth-order valence-corrected chi connectivity index (χ4v) is 5.87. The summed E-state index contributed by atoms with van der Waals surface area (Å²) in [6.07, 6.45) is 5.48. The summed E-state index contributed by atoms with van der Waals surface area (Å²) in [5, 5.41) is 7.58. The molecular weight excluding hydrogens is 346 g/mol. The maximum absolute atomic E-state index is 13.0. The van der Waals surface area contributed by atoms with Crippen molar-refractivity contribution in [3.63, 3.8) is 0 Å². The van der Waals surface area contributed by atoms with Crippen molar-refractivity contribution in [2.45, 2.75) is 76.1 Å². The third-order valence-corrected chi connectivity index (χ3v) is 7.76. The summed E-state index contributed by atoms with van der Waals surface area (Å²) < 4.78 is 27.9. The first kappa shape index (κ1) is 19.0. The molecule has 0 saturated heterocycles. The Hall–Kier alpha value is -1.82. The number of nitrogens with one attached hydrogen (secondary N) is 1. The second-order valence-electron chi connectivity index (χ2n) is 7.58. The Morgan fingerprint density at radius 3 is 2.54 bits per heavy atom. The molecule has 0 aliphatic heterocycles. The minimum absolute atomic E-state index is 0.219. The highest BCUT2D eigenvalue weighted by Gasteiger charge is 2.31. The number of nitrogens with zero attached hydrogens (tertiary/aromatic N) is 2. The maximum Gasteiger partial charge on any atom is 0.181 e. The summed E-state index contributed by atoms with van der Waals surface area (Å²) in [6, 6.07) is 5.97. The van der Waals surface area contributed by atoms with Gasteiger partial charge in [-0.1, -0.05) is 18.9 Å². The lowest BCUT2D eigenvalue weighted by Gasteiger charge is -2.15. The van der Waals surface area contributed by atoms with E-state index in [9.17, 15) is 8.42 Å². The van der Waals surface area contributed by atoms with Crippen molar-refractivity contribution in [1.29, 1.82) is 0 Å². The van der Waals surface area contributed by atoms with Crippen molar-refractivity contribution >= 4 is 15.5 Å². The van der Waals surface area contributed by atoms with Gasteiger partial charge in [0.05, 0.1) is 16.3 Å². The van der Waals surface area contributed by atoms with Gasteiger partial charge in [0.2, 0.25) is 0 Å². The Bertz CT molecular complexity index is 878. The topological polar surface area (TPSA) is 64.0 Å². The van der Waals surface area contributed by atoms with Crippen molar-refractivity contribution in [2.75, 3.05) is 5.32 Å². The minimum atomic E-state index is -3.25. The first-order chi connectivity index (χ1) is 12.3. The zero-order valence-corrected chi connectivity index (χ0v) is 16.9. The molecule has 142 valence electrons. The molecule has 0 unspecified atom stereocenters. The molecule has 5 nitrogen and oxygen atoms in total. The van der Waals surface area contributed by atoms with Gasteiger partial charge in [-0.15, -0.1) is 0 Å². The molecule has 1 fully saturated rings. The lowest BCUT2D eigenvalue weighted by Crippen LogP contribution is -2.19. The van der Waals surface area contributed by atoms with Crippen molar-refractivity contribution in [2.24, 2.45) is 0 Å². The number of sulfone groups is 1. The Kier molecular flexibility index (Phi) is 5.42. The van der Waals surface area contributed by atoms with E-state index in [4.69, 9.17) is 0 Å². The summed E-state index contributed by atoms with van der Waals surface area (Å²) in [5.74, 6) is 0. The Morgan fingerprint density at radius 1 is 1.23 bits per heavy atom. The van der Waals surface area contributed by atoms with E-state index in [2.05, 4.69) is 31.2 Å². The fraction of sp³-hybridized carbons (Fsp3) is 0.550. The van der Waals surface area contributed by atoms with Crippen LogP contribution < -0.4 is 5.32 Å². The zero-order valence-electron chi connectivity index (χ0n) is 16.1. The number of hydrogen-bond donors (Lipinski definition) is 1. The van der Waals surface area contributed by atoms with Gasteiger partial charge >= 0.3 is 0 Å². The largest absolute Gasteiger partial charge is 0.381 e. The highest BCUT2D eigenvalue weighted by atomic mass is 32.2. The average Bonchev–Trinajstić information content (AvgIpc) is 3.24. The quantitative estimate of drug-likeness (QED) is 0.812. The van der Waals surface area contributed by atoms with E-state index >= 15 is 0 Å². The van der Waals surface area contributed by atoms with Crippen LogP contribution >= 0.6 is 0 Å². The van der Waals surface area contributed by atoms with Crippen LogP contribution in [0.1, 0.15) is 62.4 Å². The summed E-state index contributed by atoms with van der Waals surface area (Å²) in [4.78, 5) is 0.476. The first-order valence-electron chi connectivity index (χ1n) is 9.42. The molecule has 1 aliphatic carbocycles. The molecule has 6 heteroatoms. The Labute approximate surface area is 156 Å². The Morgan fingerprint density at radius 2 is 1.92 bits per heavy atom. The minimum Gasteiger partial charge on any atom is -0.381 e. The summed E-state index contributed by atoms with van der Waals surface area (Å²) >= 11 is 0. The van der Waals surface area contributed by atoms with E-state index in [1.54, 1.807) is 6.07 Å². The van der Waals surface area contributed by atoms with Crippen LogP contribution in [0.15, 0.2) is 29.3 Å². The van der Waals surface area contributed by atoms with Gasteiger partial charge in [0.15, 0.2) is 9.84 Å². The van der Waals surface area contributed by atoms with Crippen LogP contribution in [0, 0.1) is 13.8 Å². The van der Waals surface area contributed by atoms with Crippen molar-refractivity contribution in [1.82, 2.24) is 9.78 Å². The predicted octanol–water partition coefficient (Wildman–Crippen LogP) is 4.41. The van der Waals surface area contributed by atoms with E-state index < -0.39 is 9.84 Å². The molecule has 1 aromatic heterocycles. The van der Waals surface area contributed by atoms with Crippen LogP contribution in [-0.4, -0.2) is 23.4 Å². The van der Waals surface area contributed by atoms with Gasteiger partial charge in [-0.2, -0.15) is 5.10 Å². The molecule has 0 amide bonds. The summed E-state index contributed by atoms with van der Waals surface area (Å²) in [7, 11) is -3.25. The standard InChI is InChI=1S/C20H29N3O2S/c1-14(2)23-16(4)17(13-22-23)12-21-18-10-9-15(3)20(11-18)26(24,25)19-7-5-6-8-19/h9-11,13-14,19,21H,5-8,12H2,1-4H3. The van der Waals surface area contributed by atoms with Crippen LogP contribution in [-0.2, 0) is 16.4 Å². The third kappa shape index (κ3) is 3.65. The van der Waals surface area contributed by atoms with Crippen LogP contribution in [0.3, 0.4) is 0 Å². The molecule has 0 spiro atoms. The monoisotopic (exact) mass is 375 g/mol. The maximum atomic E-state index is 13.0. The number of aryl methyl sites for hydroxylation is 1. The van der Waals surface area contributed by atoms with Gasteiger partial charge in [-0.25, -0.2) is 8.42 Å². The molecule has 3 rings (SSSR count). The van der Waals surface area contributed by atoms with Gasteiger partial charge in [0.1, 0.15) is 0 Å². The van der Waals surface area contributed by atoms with Crippen LogP contribution in [0.4, 0.5) is 5.69 Å². The van der Waals surface area contributed by atoms with Gasteiger partial charge in [-0.05, 0) is 58.2 Å². The van der Waals surface area contributed by atoms with Crippen LogP contribution in [0.25, 0.3) is 0 Å². The third-order valence-electron chi connectivity index (χ3n) is 5.35. The van der Waals surface area contributed by atoms with Crippen molar-refractivity contribution in [3.8, 4) is 0 Å². The SMILES string of the molecule is Cc1ccc(NCc2cnn(C(C)C)c2C)cc1S(=O)(=O)C1CCCC1. The molecule has 1 aliphatic rings. The molecule has 2 aromatic rings. The van der Waals surface area contributed by atoms with Gasteiger partial charge in [0, 0.05) is 29.5 Å². The molecule has 0 atom stereocenters. The predicted molar refractivity (Wildman–Crippen MR) is 105 cm³/mol. The molecule has 0 bridgehead atoms. The second-order valence-corrected chi connectivity index (χ2v) is 9.78. The smallest absolute Gasteiger partial charge is 0.181 e. The lowest BCUT2D eigenvalue weighted by molar-refractivity contribution is 0.518. The molecule has 1 aromatic carbocycles. The lowest BCUT2D eigenvalue weighted by atomic mass is 10.2. The van der Waals surface area contributed by atoms with Crippen LogP contribution in [0.2, 0.25) is 0 Å². The fourth-order valence-electron chi connectivity index (χ4n) is 3.75. The van der Waals surface area contributed by atoms with E-state index in [0.717, 1.165) is 48.2 Å². The molecule has 26 heavy (non-hydrogen) atoms. The first-order valence-corrected chi connectivity index (χ1v) is 11.0. The number of rotatable bonds is 6. The van der Waals surface area contributed by atoms with Crippen molar-refractivity contribution in [3.05, 3.63) is 41.2 Å². The van der Waals surface area contributed by atoms with Gasteiger partial charge in [0.25, 0.3) is 0 Å². The molecule has 1 saturated carbocycles. The second kappa shape index (κ2) is 7.43. The highest BCUT2D eigenvalue weighted by Crippen LogP contribution is 2.32. The van der Waals surface area contributed by atoms with E-state index in [-0.39, 0.29) is 5.25 Å². The number of aromatic nitrogens is 2. The van der Waals surface area contributed by atoms with E-state index in [1.165, 1.54) is 0 Å². The van der Waals surface area contributed by atoms with Crippen molar-refractivity contribution < 1.29 is 8.42 Å². The van der Waals surface area contributed by atoms with Gasteiger partial charge < -0.3 is 5.32 Å². The molecule has 1 N–H and O–H groups in total. The van der Waals surface area contributed by atoms with Gasteiger partial charge in [-0.3, -0.25) is 4.68 Å². The molecule has 0 radical (unpaired) electrons. The van der Waals surface area contributed by atoms with E-state index in [0.29, 0.717) is 17.5 Å².